The first-order valence-corrected chi connectivity index (χ1v) is 10.3. The van der Waals surface area contributed by atoms with E-state index >= 15 is 0 Å². The first-order valence-electron chi connectivity index (χ1n) is 10.3. The maximum Gasteiger partial charge on any atom is 0.362 e. The molecule has 32 heavy (non-hydrogen) atoms. The third kappa shape index (κ3) is 3.27. The zero-order valence-electron chi connectivity index (χ0n) is 17.4. The van der Waals surface area contributed by atoms with Gasteiger partial charge in [-0.15, -0.1) is 10.2 Å². The Hall–Kier alpha value is -3.21. The van der Waals surface area contributed by atoms with Gasteiger partial charge in [-0.1, -0.05) is 5.21 Å². The number of aromatic nitrogens is 4. The lowest BCUT2D eigenvalue weighted by Gasteiger charge is -2.18. The molecule has 3 heterocycles. The van der Waals surface area contributed by atoms with E-state index in [1.165, 1.54) is 22.8 Å². The van der Waals surface area contributed by atoms with Gasteiger partial charge in [-0.2, -0.15) is 0 Å². The minimum atomic E-state index is -1.63. The van der Waals surface area contributed by atoms with E-state index in [9.17, 15) is 22.8 Å². The molecule has 2 aromatic heterocycles. The predicted molar refractivity (Wildman–Crippen MR) is 106 cm³/mol. The number of halogens is 3. The van der Waals surface area contributed by atoms with E-state index < -0.39 is 28.8 Å². The lowest BCUT2D eigenvalue weighted by atomic mass is 10.0. The minimum Gasteiger partial charge on any atom is -0.364 e. The molecule has 0 N–H and O–H groups in total. The number of hydrogen-bond acceptors (Lipinski definition) is 6. The summed E-state index contributed by atoms with van der Waals surface area (Å²) in [5.74, 6) is -5.43. The summed E-state index contributed by atoms with van der Waals surface area (Å²) in [4.78, 5) is 31.4. The van der Waals surface area contributed by atoms with Crippen molar-refractivity contribution < 1.29 is 22.8 Å². The number of benzene rings is 1. The molecule has 0 bridgehead atoms. The Bertz CT molecular complexity index is 1310. The molecule has 0 amide bonds. The van der Waals surface area contributed by atoms with Gasteiger partial charge in [0.25, 0.3) is 0 Å². The van der Waals surface area contributed by atoms with Crippen LogP contribution in [0.2, 0.25) is 0 Å². The number of pyridine rings is 1. The van der Waals surface area contributed by atoms with Crippen molar-refractivity contribution in [3.05, 3.63) is 56.9 Å². The maximum atomic E-state index is 14.6. The third-order valence-corrected chi connectivity index (χ3v) is 6.03. The highest BCUT2D eigenvalue weighted by Gasteiger charge is 2.33. The molecule has 5 rings (SSSR count). The molecule has 11 heteroatoms. The van der Waals surface area contributed by atoms with Crippen molar-refractivity contribution >= 4 is 16.9 Å². The van der Waals surface area contributed by atoms with Gasteiger partial charge in [0.05, 0.1) is 29.2 Å². The van der Waals surface area contributed by atoms with Crippen molar-refractivity contribution in [3.63, 3.8) is 0 Å². The highest BCUT2D eigenvalue weighted by atomic mass is 19.2. The molecule has 0 spiro atoms. The van der Waals surface area contributed by atoms with E-state index in [1.54, 1.807) is 10.9 Å². The second-order valence-electron chi connectivity index (χ2n) is 8.35. The molecule has 1 saturated carbocycles. The molecular formula is C21H20F3N5O3. The van der Waals surface area contributed by atoms with Gasteiger partial charge < -0.3 is 9.40 Å². The van der Waals surface area contributed by atoms with Gasteiger partial charge in [0, 0.05) is 30.5 Å². The number of carbonyl (C=O) groups excluding carboxylic acids is 1. The van der Waals surface area contributed by atoms with Crippen LogP contribution < -0.4 is 5.43 Å². The van der Waals surface area contributed by atoms with E-state index in [4.69, 9.17) is 4.84 Å². The maximum absolute atomic E-state index is 14.6. The van der Waals surface area contributed by atoms with Crippen LogP contribution in [0.1, 0.15) is 53.0 Å². The fraction of sp³-hybridized carbons (Fsp3) is 0.429. The molecule has 1 aliphatic carbocycles. The van der Waals surface area contributed by atoms with Crippen molar-refractivity contribution in [2.24, 2.45) is 0 Å². The normalized spacial score (nSPS) is 19.1. The van der Waals surface area contributed by atoms with E-state index in [2.05, 4.69) is 10.3 Å². The fourth-order valence-corrected chi connectivity index (χ4v) is 4.18. The standard InChI is InChI=1S/C21H20F3N5O3/c1-10-7-29(26-25-10)13-5-6-27(8-13)32-21(31)14-9-28(12-3-4-12)19-15(20(14)30)11(2)16(22)17(23)18(19)24/h7,9,12-13H,3-6,8H2,1-2H3. The lowest BCUT2D eigenvalue weighted by molar-refractivity contribution is -0.0951. The Balaban J connectivity index is 1.50. The van der Waals surface area contributed by atoms with Crippen molar-refractivity contribution in [2.45, 2.75) is 45.2 Å². The average Bonchev–Trinajstić information content (AvgIpc) is 3.35. The van der Waals surface area contributed by atoms with Gasteiger partial charge in [-0.3, -0.25) is 4.79 Å². The summed E-state index contributed by atoms with van der Waals surface area (Å²) >= 11 is 0. The number of nitrogens with zero attached hydrogens (tertiary/aromatic N) is 5. The second-order valence-corrected chi connectivity index (χ2v) is 8.35. The zero-order valence-corrected chi connectivity index (χ0v) is 17.4. The first-order chi connectivity index (χ1) is 15.3. The largest absolute Gasteiger partial charge is 0.364 e. The Morgan fingerprint density at radius 3 is 2.47 bits per heavy atom. The summed E-state index contributed by atoms with van der Waals surface area (Å²) in [5, 5.41) is 9.06. The Morgan fingerprint density at radius 1 is 1.06 bits per heavy atom. The van der Waals surface area contributed by atoms with Gasteiger partial charge in [-0.25, -0.2) is 22.6 Å². The summed E-state index contributed by atoms with van der Waals surface area (Å²) in [5.41, 5.74) is -1.13. The summed E-state index contributed by atoms with van der Waals surface area (Å²) in [6, 6.07) is -0.243. The number of carbonyl (C=O) groups is 1. The highest BCUT2D eigenvalue weighted by molar-refractivity contribution is 5.95. The van der Waals surface area contributed by atoms with Gasteiger partial charge in [0.1, 0.15) is 5.56 Å². The molecule has 1 aliphatic heterocycles. The number of rotatable bonds is 4. The van der Waals surface area contributed by atoms with Crippen molar-refractivity contribution in [1.82, 2.24) is 24.6 Å². The number of hydrogen-bond donors (Lipinski definition) is 0. The van der Waals surface area contributed by atoms with Crippen LogP contribution in [0.5, 0.6) is 0 Å². The minimum absolute atomic E-state index is 0.0443. The summed E-state index contributed by atoms with van der Waals surface area (Å²) < 4.78 is 45.9. The van der Waals surface area contributed by atoms with Crippen LogP contribution in [0, 0.1) is 31.3 Å². The zero-order chi connectivity index (χ0) is 22.7. The number of aryl methyl sites for hydroxylation is 2. The van der Waals surface area contributed by atoms with Gasteiger partial charge in [0.2, 0.25) is 5.43 Å². The SMILES string of the molecule is Cc1cn(C2CCN(OC(=O)c3cn(C4CC4)c4c(F)c(F)c(F)c(C)c4c3=O)C2)nn1. The van der Waals surface area contributed by atoms with Crippen LogP contribution in [0.3, 0.4) is 0 Å². The number of fused-ring (bicyclic) bond motifs is 1. The Labute approximate surface area is 180 Å². The van der Waals surface area contributed by atoms with E-state index in [0.717, 1.165) is 5.69 Å². The smallest absolute Gasteiger partial charge is 0.362 e. The monoisotopic (exact) mass is 447 g/mol. The van der Waals surface area contributed by atoms with E-state index in [-0.39, 0.29) is 34.1 Å². The van der Waals surface area contributed by atoms with E-state index in [0.29, 0.717) is 32.4 Å². The lowest BCUT2D eigenvalue weighted by Crippen LogP contribution is -2.30. The van der Waals surface area contributed by atoms with Crippen molar-refractivity contribution in [2.75, 3.05) is 13.1 Å². The van der Waals surface area contributed by atoms with Crippen molar-refractivity contribution in [1.29, 1.82) is 0 Å². The van der Waals surface area contributed by atoms with Crippen LogP contribution in [0.4, 0.5) is 13.2 Å². The van der Waals surface area contributed by atoms with Crippen LogP contribution in [-0.2, 0) is 4.84 Å². The summed E-state index contributed by atoms with van der Waals surface area (Å²) in [6.45, 7) is 3.79. The molecule has 1 aromatic carbocycles. The molecule has 1 unspecified atom stereocenters. The number of hydroxylamine groups is 2. The second kappa shape index (κ2) is 7.44. The van der Waals surface area contributed by atoms with Crippen molar-refractivity contribution in [3.8, 4) is 0 Å². The molecule has 8 nitrogen and oxygen atoms in total. The van der Waals surface area contributed by atoms with Crippen LogP contribution in [0.25, 0.3) is 10.9 Å². The summed E-state index contributed by atoms with van der Waals surface area (Å²) in [6.07, 6.45) is 5.00. The van der Waals surface area contributed by atoms with Crippen LogP contribution in [0.15, 0.2) is 17.2 Å². The Kier molecular flexibility index (Phi) is 4.81. The molecule has 168 valence electrons. The topological polar surface area (TPSA) is 82.2 Å². The predicted octanol–water partition coefficient (Wildman–Crippen LogP) is 2.98. The first kappa shape index (κ1) is 20.7. The molecule has 0 radical (unpaired) electrons. The molecule has 1 saturated heterocycles. The van der Waals surface area contributed by atoms with E-state index in [1.807, 2.05) is 6.92 Å². The molecule has 2 aliphatic rings. The fourth-order valence-electron chi connectivity index (χ4n) is 4.18. The third-order valence-electron chi connectivity index (χ3n) is 6.03. The quantitative estimate of drug-likeness (QED) is 0.572. The van der Waals surface area contributed by atoms with Gasteiger partial charge in [0.15, 0.2) is 17.5 Å². The van der Waals surface area contributed by atoms with Gasteiger partial charge in [-0.05, 0) is 33.1 Å². The molecule has 2 fully saturated rings. The highest BCUT2D eigenvalue weighted by Crippen LogP contribution is 2.39. The average molecular weight is 447 g/mol. The molecule has 3 aromatic rings. The molecular weight excluding hydrogens is 427 g/mol. The summed E-state index contributed by atoms with van der Waals surface area (Å²) in [7, 11) is 0. The Morgan fingerprint density at radius 2 is 1.81 bits per heavy atom. The van der Waals surface area contributed by atoms with Gasteiger partial charge >= 0.3 is 5.97 Å². The van der Waals surface area contributed by atoms with Crippen LogP contribution in [-0.4, -0.2) is 43.7 Å². The van der Waals surface area contributed by atoms with Crippen LogP contribution >= 0.6 is 0 Å². The molecule has 1 atom stereocenters.